The number of aromatic amines is 1. The molecule has 1 aromatic heterocycles. The van der Waals surface area contributed by atoms with E-state index in [0.717, 1.165) is 0 Å². The standard InChI is InChI=1S/C16H18Cl2N4O3S/c1-10-15(11(2)20-19-10)26(24,25)22-7-5-21(6-8-22)16(23)13-9-12(17)3-4-14(13)18/h3-4,9H,5-8H2,1-2H3,(H,19,20). The van der Waals surface area contributed by atoms with Crippen molar-refractivity contribution in [2.24, 2.45) is 0 Å². The van der Waals surface area contributed by atoms with Crippen molar-refractivity contribution in [1.29, 1.82) is 0 Å². The monoisotopic (exact) mass is 416 g/mol. The second-order valence-electron chi connectivity index (χ2n) is 6.08. The molecule has 0 aliphatic carbocycles. The van der Waals surface area contributed by atoms with Crippen molar-refractivity contribution in [3.05, 3.63) is 45.2 Å². The molecule has 0 spiro atoms. The molecule has 0 saturated carbocycles. The van der Waals surface area contributed by atoms with Crippen LogP contribution in [0, 0.1) is 13.8 Å². The Hall–Kier alpha value is -1.61. The van der Waals surface area contributed by atoms with Gasteiger partial charge in [0, 0.05) is 31.2 Å². The molecule has 0 bridgehead atoms. The summed E-state index contributed by atoms with van der Waals surface area (Å²) in [5.74, 6) is -0.259. The lowest BCUT2D eigenvalue weighted by atomic mass is 10.2. The van der Waals surface area contributed by atoms with Crippen LogP contribution in [0.2, 0.25) is 10.0 Å². The minimum absolute atomic E-state index is 0.204. The first-order valence-corrected chi connectivity index (χ1v) is 10.2. The molecule has 1 aliphatic rings. The van der Waals surface area contributed by atoms with Crippen LogP contribution in [0.4, 0.5) is 0 Å². The lowest BCUT2D eigenvalue weighted by Gasteiger charge is -2.34. The molecule has 0 radical (unpaired) electrons. The van der Waals surface area contributed by atoms with Crippen molar-refractivity contribution in [2.45, 2.75) is 18.7 Å². The fourth-order valence-corrected chi connectivity index (χ4v) is 5.14. The van der Waals surface area contributed by atoms with Gasteiger partial charge in [0.05, 0.1) is 22.0 Å². The summed E-state index contributed by atoms with van der Waals surface area (Å²) >= 11 is 12.0. The number of H-pyrrole nitrogens is 1. The van der Waals surface area contributed by atoms with Crippen molar-refractivity contribution < 1.29 is 13.2 Å². The summed E-state index contributed by atoms with van der Waals surface area (Å²) in [6.45, 7) is 4.28. The van der Waals surface area contributed by atoms with Crippen LogP contribution < -0.4 is 0 Å². The summed E-state index contributed by atoms with van der Waals surface area (Å²) in [5, 5.41) is 7.39. The lowest BCUT2D eigenvalue weighted by molar-refractivity contribution is 0.0698. The Bertz CT molecular complexity index is 931. The third-order valence-corrected chi connectivity index (χ3v) is 7.07. The molecule has 1 fully saturated rings. The Morgan fingerprint density at radius 3 is 2.38 bits per heavy atom. The van der Waals surface area contributed by atoms with Gasteiger partial charge in [-0.25, -0.2) is 8.42 Å². The van der Waals surface area contributed by atoms with E-state index in [-0.39, 0.29) is 37.0 Å². The van der Waals surface area contributed by atoms with Gasteiger partial charge in [-0.1, -0.05) is 23.2 Å². The molecule has 1 saturated heterocycles. The molecule has 26 heavy (non-hydrogen) atoms. The minimum atomic E-state index is -3.65. The number of carbonyl (C=O) groups excluding carboxylic acids is 1. The summed E-state index contributed by atoms with van der Waals surface area (Å²) in [5.41, 5.74) is 1.26. The van der Waals surface area contributed by atoms with Crippen molar-refractivity contribution in [3.8, 4) is 0 Å². The number of hydrogen-bond donors (Lipinski definition) is 1. The highest BCUT2D eigenvalue weighted by molar-refractivity contribution is 7.89. The van der Waals surface area contributed by atoms with Crippen molar-refractivity contribution >= 4 is 39.1 Å². The van der Waals surface area contributed by atoms with Crippen LogP contribution >= 0.6 is 23.2 Å². The van der Waals surface area contributed by atoms with Crippen molar-refractivity contribution in [1.82, 2.24) is 19.4 Å². The van der Waals surface area contributed by atoms with Crippen LogP contribution in [0.1, 0.15) is 21.7 Å². The highest BCUT2D eigenvalue weighted by atomic mass is 35.5. The predicted octanol–water partition coefficient (Wildman–Crippen LogP) is 2.48. The van der Waals surface area contributed by atoms with Gasteiger partial charge in [0.15, 0.2) is 0 Å². The van der Waals surface area contributed by atoms with Gasteiger partial charge in [-0.2, -0.15) is 9.40 Å². The molecule has 3 rings (SSSR count). The number of benzene rings is 1. The average Bonchev–Trinajstić information content (AvgIpc) is 2.95. The largest absolute Gasteiger partial charge is 0.336 e. The van der Waals surface area contributed by atoms with E-state index in [0.29, 0.717) is 27.0 Å². The summed E-state index contributed by atoms with van der Waals surface area (Å²) in [4.78, 5) is 14.5. The van der Waals surface area contributed by atoms with Crippen LogP contribution in [-0.4, -0.2) is 59.9 Å². The topological polar surface area (TPSA) is 86.4 Å². The first kappa shape index (κ1) is 19.2. The van der Waals surface area contributed by atoms with Crippen molar-refractivity contribution in [3.63, 3.8) is 0 Å². The highest BCUT2D eigenvalue weighted by Gasteiger charge is 2.33. The second-order valence-corrected chi connectivity index (χ2v) is 8.80. The van der Waals surface area contributed by atoms with Gasteiger partial charge in [0.25, 0.3) is 5.91 Å². The maximum Gasteiger partial charge on any atom is 0.255 e. The minimum Gasteiger partial charge on any atom is -0.336 e. The molecule has 1 aromatic carbocycles. The Morgan fingerprint density at radius 1 is 1.15 bits per heavy atom. The summed E-state index contributed by atoms with van der Waals surface area (Å²) in [6.07, 6.45) is 0. The molecule has 1 aliphatic heterocycles. The third-order valence-electron chi connectivity index (χ3n) is 4.34. The van der Waals surface area contributed by atoms with Gasteiger partial charge >= 0.3 is 0 Å². The molecule has 140 valence electrons. The summed E-state index contributed by atoms with van der Waals surface area (Å²) in [7, 11) is -3.65. The van der Waals surface area contributed by atoms with E-state index in [1.165, 1.54) is 10.4 Å². The molecule has 10 heteroatoms. The molecule has 1 N–H and O–H groups in total. The average molecular weight is 417 g/mol. The van der Waals surface area contributed by atoms with Gasteiger partial charge < -0.3 is 4.90 Å². The Balaban J connectivity index is 1.75. The SMILES string of the molecule is Cc1n[nH]c(C)c1S(=O)(=O)N1CCN(C(=O)c2cc(Cl)ccc2Cl)CC1. The number of nitrogens with zero attached hydrogens (tertiary/aromatic N) is 3. The smallest absolute Gasteiger partial charge is 0.255 e. The number of aryl methyl sites for hydroxylation is 2. The van der Waals surface area contributed by atoms with E-state index in [9.17, 15) is 13.2 Å². The number of sulfonamides is 1. The molecule has 0 unspecified atom stereocenters. The number of amides is 1. The van der Waals surface area contributed by atoms with Crippen LogP contribution in [0.15, 0.2) is 23.1 Å². The number of piperazine rings is 1. The zero-order chi connectivity index (χ0) is 19.1. The number of carbonyl (C=O) groups is 1. The summed E-state index contributed by atoms with van der Waals surface area (Å²) in [6, 6.07) is 4.70. The van der Waals surface area contributed by atoms with E-state index in [4.69, 9.17) is 23.2 Å². The lowest BCUT2D eigenvalue weighted by Crippen LogP contribution is -2.50. The maximum absolute atomic E-state index is 12.9. The maximum atomic E-state index is 12.9. The van der Waals surface area contributed by atoms with Gasteiger partial charge in [-0.3, -0.25) is 9.89 Å². The molecule has 2 heterocycles. The molecule has 2 aromatic rings. The normalized spacial score (nSPS) is 16.1. The number of nitrogens with one attached hydrogen (secondary N) is 1. The van der Waals surface area contributed by atoms with Gasteiger partial charge in [0.1, 0.15) is 4.90 Å². The quantitative estimate of drug-likeness (QED) is 0.832. The Labute approximate surface area is 161 Å². The first-order valence-electron chi connectivity index (χ1n) is 7.98. The second kappa shape index (κ2) is 7.19. The van der Waals surface area contributed by atoms with Gasteiger partial charge in [-0.15, -0.1) is 0 Å². The van der Waals surface area contributed by atoms with E-state index >= 15 is 0 Å². The number of aromatic nitrogens is 2. The Morgan fingerprint density at radius 2 is 1.81 bits per heavy atom. The van der Waals surface area contributed by atoms with Gasteiger partial charge in [0.2, 0.25) is 10.0 Å². The molecule has 7 nitrogen and oxygen atoms in total. The van der Waals surface area contributed by atoms with Crippen LogP contribution in [-0.2, 0) is 10.0 Å². The molecular weight excluding hydrogens is 399 g/mol. The zero-order valence-electron chi connectivity index (χ0n) is 14.3. The third kappa shape index (κ3) is 3.46. The fraction of sp³-hybridized carbons (Fsp3) is 0.375. The number of rotatable bonds is 3. The van der Waals surface area contributed by atoms with E-state index in [2.05, 4.69) is 10.2 Å². The van der Waals surface area contributed by atoms with E-state index < -0.39 is 10.0 Å². The van der Waals surface area contributed by atoms with E-state index in [1.807, 2.05) is 0 Å². The molecule has 1 amide bonds. The van der Waals surface area contributed by atoms with Crippen LogP contribution in [0.25, 0.3) is 0 Å². The predicted molar refractivity (Wildman–Crippen MR) is 99.2 cm³/mol. The van der Waals surface area contributed by atoms with E-state index in [1.54, 1.807) is 30.9 Å². The fourth-order valence-electron chi connectivity index (χ4n) is 3.01. The van der Waals surface area contributed by atoms with Crippen molar-refractivity contribution in [2.75, 3.05) is 26.2 Å². The number of hydrogen-bond acceptors (Lipinski definition) is 4. The highest BCUT2D eigenvalue weighted by Crippen LogP contribution is 2.25. The number of halogens is 2. The molecule has 0 atom stereocenters. The molecular formula is C16H18Cl2N4O3S. The summed E-state index contributed by atoms with van der Waals surface area (Å²) < 4.78 is 27.1. The Kier molecular flexibility index (Phi) is 5.30. The first-order chi connectivity index (χ1) is 12.2. The zero-order valence-corrected chi connectivity index (χ0v) is 16.6. The van der Waals surface area contributed by atoms with Gasteiger partial charge in [-0.05, 0) is 32.0 Å². The van der Waals surface area contributed by atoms with Crippen LogP contribution in [0.5, 0.6) is 0 Å². The van der Waals surface area contributed by atoms with Crippen LogP contribution in [0.3, 0.4) is 0 Å².